The van der Waals surface area contributed by atoms with Crippen LogP contribution >= 0.6 is 0 Å². The second kappa shape index (κ2) is 11.3. The molecule has 0 aromatic carbocycles. The van der Waals surface area contributed by atoms with Crippen molar-refractivity contribution in [3.05, 3.63) is 34.9 Å². The van der Waals surface area contributed by atoms with Gasteiger partial charge in [0.05, 0.1) is 0 Å². The average molecular weight is 293 g/mol. The molecule has 0 aliphatic rings. The first-order valence-electron chi connectivity index (χ1n) is 7.76. The lowest BCUT2D eigenvalue weighted by Crippen LogP contribution is -2.24. The molecule has 0 rings (SSSR count). The summed E-state index contributed by atoms with van der Waals surface area (Å²) in [6.45, 7) is 10.2. The van der Waals surface area contributed by atoms with E-state index in [0.717, 1.165) is 31.3 Å². The normalized spacial score (nSPS) is 13.8. The lowest BCUT2D eigenvalue weighted by Gasteiger charge is -2.09. The topological polar surface area (TPSA) is 52.3 Å². The van der Waals surface area contributed by atoms with Crippen molar-refractivity contribution in [3.63, 3.8) is 0 Å². The summed E-state index contributed by atoms with van der Waals surface area (Å²) in [7, 11) is 0. The number of carbonyl (C=O) groups is 1. The summed E-state index contributed by atoms with van der Waals surface area (Å²) >= 11 is 0. The Morgan fingerprint density at radius 3 is 2.19 bits per heavy atom. The molecule has 0 fully saturated rings. The predicted molar refractivity (Wildman–Crippen MR) is 89.8 cm³/mol. The number of carbonyl (C=O) groups excluding carboxylic acids is 1. The molecule has 1 atom stereocenters. The van der Waals surface area contributed by atoms with Gasteiger partial charge in [-0.15, -0.1) is 0 Å². The first-order valence-corrected chi connectivity index (χ1v) is 7.76. The van der Waals surface area contributed by atoms with Gasteiger partial charge in [-0.25, -0.2) is 0 Å². The molecule has 21 heavy (non-hydrogen) atoms. The molecule has 0 aromatic rings. The van der Waals surface area contributed by atoms with Crippen molar-refractivity contribution in [2.45, 2.75) is 73.0 Å². The van der Waals surface area contributed by atoms with E-state index in [1.807, 2.05) is 13.0 Å². The van der Waals surface area contributed by atoms with Gasteiger partial charge in [0.1, 0.15) is 0 Å². The number of allylic oxidation sites excluding steroid dienone is 5. The standard InChI is InChI=1S/C18H31NO2/c1-6-18(20)21-17(19)13-16(5)12-8-11-15(4)10-7-9-14(2)3/h9,11,13,17H,6-8,10,12,19H2,1-5H3. The van der Waals surface area contributed by atoms with Crippen LogP contribution in [0.3, 0.4) is 0 Å². The molecule has 0 spiro atoms. The molecule has 1 unspecified atom stereocenters. The smallest absolute Gasteiger partial charge is 0.307 e. The highest BCUT2D eigenvalue weighted by atomic mass is 16.6. The molecule has 0 heterocycles. The average Bonchev–Trinajstić information content (AvgIpc) is 2.37. The minimum Gasteiger partial charge on any atom is -0.443 e. The fourth-order valence-corrected chi connectivity index (χ4v) is 1.87. The van der Waals surface area contributed by atoms with Crippen LogP contribution in [0.1, 0.15) is 66.7 Å². The van der Waals surface area contributed by atoms with E-state index in [1.165, 1.54) is 11.1 Å². The van der Waals surface area contributed by atoms with E-state index in [-0.39, 0.29) is 5.97 Å². The molecule has 0 aromatic heterocycles. The molecule has 3 nitrogen and oxygen atoms in total. The van der Waals surface area contributed by atoms with Crippen molar-refractivity contribution in [3.8, 4) is 0 Å². The summed E-state index contributed by atoms with van der Waals surface area (Å²) < 4.78 is 5.01. The molecule has 3 heteroatoms. The first-order chi connectivity index (χ1) is 9.85. The summed E-state index contributed by atoms with van der Waals surface area (Å²) in [5.41, 5.74) is 9.68. The number of hydrogen-bond donors (Lipinski definition) is 1. The monoisotopic (exact) mass is 293 g/mol. The van der Waals surface area contributed by atoms with Gasteiger partial charge in [0.2, 0.25) is 0 Å². The molecule has 0 radical (unpaired) electrons. The zero-order valence-electron chi connectivity index (χ0n) is 14.2. The highest BCUT2D eigenvalue weighted by Crippen LogP contribution is 2.11. The molecule has 0 saturated heterocycles. The molecule has 0 saturated carbocycles. The molecular weight excluding hydrogens is 262 g/mol. The molecule has 2 N–H and O–H groups in total. The number of hydrogen-bond acceptors (Lipinski definition) is 3. The molecule has 0 aliphatic carbocycles. The Kier molecular flexibility index (Phi) is 10.6. The Bertz CT molecular complexity index is 401. The van der Waals surface area contributed by atoms with Crippen LogP contribution in [-0.4, -0.2) is 12.2 Å². The molecule has 0 aliphatic heterocycles. The highest BCUT2D eigenvalue weighted by molar-refractivity contribution is 5.69. The maximum Gasteiger partial charge on any atom is 0.307 e. The van der Waals surface area contributed by atoms with Gasteiger partial charge in [0, 0.05) is 6.42 Å². The predicted octanol–water partition coefficient (Wildman–Crippen LogP) is 4.64. The van der Waals surface area contributed by atoms with E-state index in [2.05, 4.69) is 32.9 Å². The van der Waals surface area contributed by atoms with Crippen molar-refractivity contribution in [1.82, 2.24) is 0 Å². The lowest BCUT2D eigenvalue weighted by molar-refractivity contribution is -0.146. The fourth-order valence-electron chi connectivity index (χ4n) is 1.87. The van der Waals surface area contributed by atoms with Gasteiger partial charge in [-0.1, -0.05) is 35.8 Å². The van der Waals surface area contributed by atoms with Gasteiger partial charge in [-0.2, -0.15) is 0 Å². The third-order valence-corrected chi connectivity index (χ3v) is 3.13. The van der Waals surface area contributed by atoms with Crippen LogP contribution in [0.15, 0.2) is 34.9 Å². The van der Waals surface area contributed by atoms with Crippen molar-refractivity contribution in [2.24, 2.45) is 5.73 Å². The first kappa shape index (κ1) is 19.7. The zero-order chi connectivity index (χ0) is 16.3. The molecule has 120 valence electrons. The van der Waals surface area contributed by atoms with E-state index in [4.69, 9.17) is 10.5 Å². The van der Waals surface area contributed by atoms with Crippen molar-refractivity contribution >= 4 is 5.97 Å². The van der Waals surface area contributed by atoms with Crippen LogP contribution in [0, 0.1) is 0 Å². The largest absolute Gasteiger partial charge is 0.443 e. The maximum absolute atomic E-state index is 11.1. The van der Waals surface area contributed by atoms with Crippen LogP contribution in [-0.2, 0) is 9.53 Å². The summed E-state index contributed by atoms with van der Waals surface area (Å²) in [6.07, 6.45) is 10.3. The van der Waals surface area contributed by atoms with Gasteiger partial charge in [-0.3, -0.25) is 10.5 Å². The quantitative estimate of drug-likeness (QED) is 0.382. The molecular formula is C18H31NO2. The summed E-state index contributed by atoms with van der Waals surface area (Å²) in [6, 6.07) is 0. The molecule has 0 amide bonds. The second-order valence-electron chi connectivity index (χ2n) is 5.73. The van der Waals surface area contributed by atoms with Crippen LogP contribution in [0.4, 0.5) is 0 Å². The van der Waals surface area contributed by atoms with Gasteiger partial charge in [0.25, 0.3) is 0 Å². The Labute approximate surface area is 129 Å². The van der Waals surface area contributed by atoms with Crippen molar-refractivity contribution < 1.29 is 9.53 Å². The SMILES string of the molecule is CCC(=O)OC(N)C=C(C)CCC=C(C)CCC=C(C)C. The number of ether oxygens (including phenoxy) is 1. The number of rotatable bonds is 9. The third-order valence-electron chi connectivity index (χ3n) is 3.13. The van der Waals surface area contributed by atoms with Gasteiger partial charge in [0.15, 0.2) is 6.23 Å². The van der Waals surface area contributed by atoms with Gasteiger partial charge >= 0.3 is 5.97 Å². The minimum atomic E-state index is -0.625. The van der Waals surface area contributed by atoms with E-state index in [9.17, 15) is 4.79 Å². The van der Waals surface area contributed by atoms with E-state index < -0.39 is 6.23 Å². The number of esters is 1. The van der Waals surface area contributed by atoms with E-state index >= 15 is 0 Å². The Balaban J connectivity index is 4.08. The van der Waals surface area contributed by atoms with E-state index in [0.29, 0.717) is 6.42 Å². The summed E-state index contributed by atoms with van der Waals surface area (Å²) in [5.74, 6) is -0.262. The Morgan fingerprint density at radius 2 is 1.62 bits per heavy atom. The van der Waals surface area contributed by atoms with Crippen LogP contribution in [0.5, 0.6) is 0 Å². The maximum atomic E-state index is 11.1. The summed E-state index contributed by atoms with van der Waals surface area (Å²) in [4.78, 5) is 11.1. The minimum absolute atomic E-state index is 0.262. The van der Waals surface area contributed by atoms with Crippen LogP contribution in [0.25, 0.3) is 0 Å². The third kappa shape index (κ3) is 12.1. The van der Waals surface area contributed by atoms with Crippen LogP contribution in [0.2, 0.25) is 0 Å². The zero-order valence-corrected chi connectivity index (χ0v) is 14.2. The summed E-state index contributed by atoms with van der Waals surface area (Å²) in [5, 5.41) is 0. The second-order valence-corrected chi connectivity index (χ2v) is 5.73. The lowest BCUT2D eigenvalue weighted by atomic mass is 10.1. The molecule has 0 bridgehead atoms. The van der Waals surface area contributed by atoms with Gasteiger partial charge in [-0.05, 0) is 59.5 Å². The van der Waals surface area contributed by atoms with Crippen molar-refractivity contribution in [2.75, 3.05) is 0 Å². The Morgan fingerprint density at radius 1 is 1.05 bits per heavy atom. The Hall–Kier alpha value is -1.35. The van der Waals surface area contributed by atoms with Crippen LogP contribution < -0.4 is 5.73 Å². The van der Waals surface area contributed by atoms with E-state index in [1.54, 1.807) is 6.92 Å². The van der Waals surface area contributed by atoms with Gasteiger partial charge < -0.3 is 4.74 Å². The fraction of sp³-hybridized carbons (Fsp3) is 0.611. The van der Waals surface area contributed by atoms with Crippen molar-refractivity contribution in [1.29, 1.82) is 0 Å². The number of nitrogens with two attached hydrogens (primary N) is 1. The highest BCUT2D eigenvalue weighted by Gasteiger charge is 2.04.